The second-order valence-electron chi connectivity index (χ2n) is 13.1. The predicted molar refractivity (Wildman–Crippen MR) is 181 cm³/mol. The Labute approximate surface area is 299 Å². The maximum atomic E-state index is 13.8. The number of rotatable bonds is 13. The third-order valence-electron chi connectivity index (χ3n) is 9.52. The summed E-state index contributed by atoms with van der Waals surface area (Å²) in [5.74, 6) is -2.41. The van der Waals surface area contributed by atoms with Crippen LogP contribution < -0.4 is 10.6 Å². The standard InChI is InChI=1S/C37H44N2O13/c40-14-13-38-29(42)11-12-39-34(46)24-16-26(33-27(17-24)51-37(52-33)18-22-7-1-2-8-23(22)19-37)49-35(47)25-10-4-3-6-21(25)9-5-15-48-36-32(45)31(44)30(43)28(20-41)50-36/h1-10,17,26-28,30-33,36,40-41,43-45H,11-16,18-20H2,(H,38,42)(H,39,46)/t26-,27-,28-,30+,31+,32-,33+,36+/m1/s1. The fourth-order valence-corrected chi connectivity index (χ4v) is 6.91. The molecule has 52 heavy (non-hydrogen) atoms. The molecule has 0 aromatic heterocycles. The monoisotopic (exact) mass is 724 g/mol. The molecule has 0 saturated carbocycles. The van der Waals surface area contributed by atoms with E-state index in [1.165, 1.54) is 0 Å². The predicted octanol–water partition coefficient (Wildman–Crippen LogP) is -0.734. The Morgan fingerprint density at radius 2 is 1.63 bits per heavy atom. The third-order valence-corrected chi connectivity index (χ3v) is 9.52. The fraction of sp³-hybridized carbons (Fsp3) is 0.486. The number of amides is 2. The van der Waals surface area contributed by atoms with Gasteiger partial charge < -0.3 is 59.9 Å². The highest BCUT2D eigenvalue weighted by molar-refractivity contribution is 5.95. The number of benzene rings is 2. The molecule has 2 aliphatic heterocycles. The molecule has 2 heterocycles. The summed E-state index contributed by atoms with van der Waals surface area (Å²) < 4.78 is 30.1. The van der Waals surface area contributed by atoms with Crippen LogP contribution in [0.15, 0.2) is 66.3 Å². The number of esters is 1. The van der Waals surface area contributed by atoms with Crippen molar-refractivity contribution in [3.63, 3.8) is 0 Å². The molecule has 6 rings (SSSR count). The maximum Gasteiger partial charge on any atom is 0.339 e. The molecule has 2 aliphatic carbocycles. The van der Waals surface area contributed by atoms with E-state index in [4.69, 9.17) is 28.8 Å². The average Bonchev–Trinajstić information content (AvgIpc) is 3.70. The van der Waals surface area contributed by atoms with Crippen molar-refractivity contribution in [2.75, 3.05) is 32.9 Å². The second kappa shape index (κ2) is 16.8. The van der Waals surface area contributed by atoms with E-state index < -0.39 is 73.3 Å². The van der Waals surface area contributed by atoms with Gasteiger partial charge in [-0.05, 0) is 28.8 Å². The van der Waals surface area contributed by atoms with E-state index in [1.807, 2.05) is 24.3 Å². The molecule has 4 aliphatic rings. The van der Waals surface area contributed by atoms with Gasteiger partial charge in [-0.2, -0.15) is 0 Å². The Hall–Kier alpha value is -4.03. The first kappa shape index (κ1) is 37.7. The van der Waals surface area contributed by atoms with Gasteiger partial charge in [-0.25, -0.2) is 4.79 Å². The SMILES string of the molecule is O=C(CCNC(=O)C1=C[C@H]2OC3(Cc4ccccc4C3)O[C@H]2[C@H](OC(=O)c2ccccc2C=CCO[C@H]2O[C@H](CO)[C@H](O)[C@H](O)[C@H]2O)C1)NCCO. The molecule has 0 unspecified atom stereocenters. The molecule has 280 valence electrons. The van der Waals surface area contributed by atoms with Crippen LogP contribution in [-0.2, 0) is 46.1 Å². The van der Waals surface area contributed by atoms with Gasteiger partial charge in [0.05, 0.1) is 25.4 Å². The molecule has 2 amide bonds. The minimum atomic E-state index is -1.58. The van der Waals surface area contributed by atoms with Crippen molar-refractivity contribution in [2.45, 2.75) is 80.5 Å². The van der Waals surface area contributed by atoms with Gasteiger partial charge in [0.25, 0.3) is 0 Å². The van der Waals surface area contributed by atoms with Crippen LogP contribution in [0.4, 0.5) is 0 Å². The van der Waals surface area contributed by atoms with Crippen LogP contribution in [0.3, 0.4) is 0 Å². The number of nitrogens with one attached hydrogen (secondary N) is 2. The van der Waals surface area contributed by atoms with Crippen LogP contribution in [0.25, 0.3) is 6.08 Å². The Kier molecular flexibility index (Phi) is 12.2. The quantitative estimate of drug-likeness (QED) is 0.127. The maximum absolute atomic E-state index is 13.8. The lowest BCUT2D eigenvalue weighted by molar-refractivity contribution is -0.298. The molecule has 8 atom stereocenters. The number of carbonyl (C=O) groups is 3. The summed E-state index contributed by atoms with van der Waals surface area (Å²) in [7, 11) is 0. The van der Waals surface area contributed by atoms with Gasteiger partial charge in [0.2, 0.25) is 11.8 Å². The van der Waals surface area contributed by atoms with Gasteiger partial charge in [0.1, 0.15) is 42.7 Å². The van der Waals surface area contributed by atoms with Gasteiger partial charge in [-0.1, -0.05) is 54.6 Å². The molecular weight excluding hydrogens is 680 g/mol. The average molecular weight is 725 g/mol. The van der Waals surface area contributed by atoms with E-state index in [9.17, 15) is 34.8 Å². The van der Waals surface area contributed by atoms with E-state index in [0.717, 1.165) is 11.1 Å². The minimum Gasteiger partial charge on any atom is -0.456 e. The van der Waals surface area contributed by atoms with Gasteiger partial charge in [0.15, 0.2) is 12.1 Å². The molecule has 1 spiro atoms. The third kappa shape index (κ3) is 8.44. The van der Waals surface area contributed by atoms with Crippen molar-refractivity contribution < 1.29 is 63.6 Å². The molecule has 7 N–H and O–H groups in total. The number of hydrogen-bond acceptors (Lipinski definition) is 13. The van der Waals surface area contributed by atoms with Gasteiger partial charge in [0, 0.05) is 44.3 Å². The number of carbonyl (C=O) groups excluding carboxylic acids is 3. The van der Waals surface area contributed by atoms with Crippen LogP contribution in [0.2, 0.25) is 0 Å². The summed E-state index contributed by atoms with van der Waals surface area (Å²) in [5, 5.41) is 53.9. The van der Waals surface area contributed by atoms with Crippen LogP contribution in [0.1, 0.15) is 39.9 Å². The Morgan fingerprint density at radius 3 is 2.37 bits per heavy atom. The summed E-state index contributed by atoms with van der Waals surface area (Å²) in [4.78, 5) is 39.1. The van der Waals surface area contributed by atoms with Crippen molar-refractivity contribution >= 4 is 23.9 Å². The van der Waals surface area contributed by atoms with Crippen molar-refractivity contribution in [1.29, 1.82) is 0 Å². The minimum absolute atomic E-state index is 0.0162. The van der Waals surface area contributed by atoms with Crippen molar-refractivity contribution in [2.24, 2.45) is 0 Å². The van der Waals surface area contributed by atoms with Gasteiger partial charge in [-0.3, -0.25) is 9.59 Å². The summed E-state index contributed by atoms with van der Waals surface area (Å²) in [6.07, 6.45) is -3.44. The van der Waals surface area contributed by atoms with Crippen LogP contribution >= 0.6 is 0 Å². The number of hydrogen-bond donors (Lipinski definition) is 7. The number of aliphatic hydroxyl groups is 5. The van der Waals surface area contributed by atoms with E-state index in [1.54, 1.807) is 42.5 Å². The molecule has 2 fully saturated rings. The highest BCUT2D eigenvalue weighted by Crippen LogP contribution is 2.45. The highest BCUT2D eigenvalue weighted by Gasteiger charge is 2.55. The van der Waals surface area contributed by atoms with Crippen LogP contribution in [0, 0.1) is 0 Å². The zero-order valence-electron chi connectivity index (χ0n) is 28.3. The largest absolute Gasteiger partial charge is 0.456 e. The topological polar surface area (TPSA) is 223 Å². The normalized spacial score (nSPS) is 29.0. The van der Waals surface area contributed by atoms with E-state index >= 15 is 0 Å². The zero-order valence-corrected chi connectivity index (χ0v) is 28.3. The molecular formula is C37H44N2O13. The Bertz CT molecular complexity index is 1640. The van der Waals surface area contributed by atoms with Crippen LogP contribution in [0.5, 0.6) is 0 Å². The number of ether oxygens (including phenoxy) is 5. The summed E-state index contributed by atoms with van der Waals surface area (Å²) in [5.41, 5.74) is 3.21. The van der Waals surface area contributed by atoms with Crippen LogP contribution in [-0.4, -0.2) is 131 Å². The Morgan fingerprint density at radius 1 is 0.904 bits per heavy atom. The van der Waals surface area contributed by atoms with Gasteiger partial charge >= 0.3 is 5.97 Å². The molecule has 0 radical (unpaired) electrons. The molecule has 2 aromatic carbocycles. The van der Waals surface area contributed by atoms with Crippen molar-refractivity contribution in [3.8, 4) is 0 Å². The highest BCUT2D eigenvalue weighted by atomic mass is 16.8. The molecule has 2 aromatic rings. The van der Waals surface area contributed by atoms with E-state index in [2.05, 4.69) is 10.6 Å². The lowest BCUT2D eigenvalue weighted by Crippen LogP contribution is -2.59. The summed E-state index contributed by atoms with van der Waals surface area (Å²) in [6.45, 7) is -0.713. The number of fused-ring (bicyclic) bond motifs is 2. The first-order chi connectivity index (χ1) is 25.1. The molecule has 0 bridgehead atoms. The van der Waals surface area contributed by atoms with Crippen molar-refractivity contribution in [3.05, 3.63) is 88.5 Å². The van der Waals surface area contributed by atoms with Gasteiger partial charge in [-0.15, -0.1) is 0 Å². The summed E-state index contributed by atoms with van der Waals surface area (Å²) in [6, 6.07) is 14.6. The molecule has 15 heteroatoms. The molecule has 2 saturated heterocycles. The lowest BCUT2D eigenvalue weighted by Gasteiger charge is -2.39. The first-order valence-corrected chi connectivity index (χ1v) is 17.3. The summed E-state index contributed by atoms with van der Waals surface area (Å²) >= 11 is 0. The van der Waals surface area contributed by atoms with E-state index in [-0.39, 0.29) is 50.6 Å². The second-order valence-corrected chi connectivity index (χ2v) is 13.1. The molecule has 15 nitrogen and oxygen atoms in total. The smallest absolute Gasteiger partial charge is 0.339 e. The Balaban J connectivity index is 1.14. The fourth-order valence-electron chi connectivity index (χ4n) is 6.91. The first-order valence-electron chi connectivity index (χ1n) is 17.3. The number of aliphatic hydroxyl groups excluding tert-OH is 5. The zero-order chi connectivity index (χ0) is 36.8. The van der Waals surface area contributed by atoms with E-state index in [0.29, 0.717) is 24.0 Å². The van der Waals surface area contributed by atoms with Crippen molar-refractivity contribution in [1.82, 2.24) is 10.6 Å². The lowest BCUT2D eigenvalue weighted by atomic mass is 9.91.